The Morgan fingerprint density at radius 1 is 0.897 bits per heavy atom. The van der Waals surface area contributed by atoms with Crippen LogP contribution in [0.2, 0.25) is 0 Å². The zero-order valence-electron chi connectivity index (χ0n) is 16.1. The van der Waals surface area contributed by atoms with Gasteiger partial charge in [-0.1, -0.05) is 79.7 Å². The van der Waals surface area contributed by atoms with Gasteiger partial charge in [-0.15, -0.1) is 10.2 Å². The first kappa shape index (κ1) is 18.6. The van der Waals surface area contributed by atoms with Crippen molar-refractivity contribution >= 4 is 11.6 Å². The number of rotatable bonds is 6. The second-order valence-electron chi connectivity index (χ2n) is 6.65. The topological polar surface area (TPSA) is 72.7 Å². The van der Waals surface area contributed by atoms with Crippen LogP contribution in [-0.2, 0) is 17.8 Å². The Bertz CT molecular complexity index is 1100. The average Bonchev–Trinajstić information content (AvgIpc) is 3.23. The molecule has 6 heteroatoms. The normalized spacial score (nSPS) is 10.7. The smallest absolute Gasteiger partial charge is 0.248 e. The van der Waals surface area contributed by atoms with Crippen LogP contribution in [0, 0.1) is 0 Å². The van der Waals surface area contributed by atoms with E-state index < -0.39 is 0 Å². The Kier molecular flexibility index (Phi) is 5.42. The van der Waals surface area contributed by atoms with Crippen LogP contribution in [0.4, 0.5) is 5.69 Å². The molecule has 1 amide bonds. The van der Waals surface area contributed by atoms with E-state index >= 15 is 0 Å². The van der Waals surface area contributed by atoms with Crippen molar-refractivity contribution in [2.45, 2.75) is 19.9 Å². The summed E-state index contributed by atoms with van der Waals surface area (Å²) in [5.41, 5.74) is 4.88. The maximum Gasteiger partial charge on any atom is 0.248 e. The lowest BCUT2D eigenvalue weighted by Gasteiger charge is -2.11. The first-order valence-electron chi connectivity index (χ1n) is 9.54. The Morgan fingerprint density at radius 2 is 1.62 bits per heavy atom. The van der Waals surface area contributed by atoms with Gasteiger partial charge < -0.3 is 5.32 Å². The van der Waals surface area contributed by atoms with Crippen molar-refractivity contribution in [3.63, 3.8) is 0 Å². The molecule has 6 nitrogen and oxygen atoms in total. The molecule has 0 atom stereocenters. The third kappa shape index (κ3) is 4.38. The number of anilines is 1. The van der Waals surface area contributed by atoms with E-state index in [0.717, 1.165) is 28.8 Å². The second-order valence-corrected chi connectivity index (χ2v) is 6.65. The molecular formula is C23H21N5O. The SMILES string of the molecule is CCc1ccc(-c2nnn(CC(=O)Nc3ccccc3-c3ccccc3)n2)cc1. The highest BCUT2D eigenvalue weighted by atomic mass is 16.2. The fourth-order valence-corrected chi connectivity index (χ4v) is 3.10. The maximum atomic E-state index is 12.6. The van der Waals surface area contributed by atoms with Gasteiger partial charge >= 0.3 is 0 Å². The first-order chi connectivity index (χ1) is 14.2. The number of nitrogens with one attached hydrogen (secondary N) is 1. The summed E-state index contributed by atoms with van der Waals surface area (Å²) < 4.78 is 0. The van der Waals surface area contributed by atoms with Gasteiger partial charge in [0, 0.05) is 16.8 Å². The van der Waals surface area contributed by atoms with Gasteiger partial charge in [-0.05, 0) is 28.8 Å². The Hall–Kier alpha value is -3.80. The summed E-state index contributed by atoms with van der Waals surface area (Å²) in [6, 6.07) is 25.7. The molecule has 0 saturated carbocycles. The number of aromatic nitrogens is 4. The molecule has 0 aliphatic rings. The number of hydrogen-bond donors (Lipinski definition) is 1. The Balaban J connectivity index is 1.47. The molecule has 1 heterocycles. The third-order valence-corrected chi connectivity index (χ3v) is 4.64. The van der Waals surface area contributed by atoms with Crippen molar-refractivity contribution in [2.24, 2.45) is 0 Å². The number of amides is 1. The molecule has 29 heavy (non-hydrogen) atoms. The summed E-state index contributed by atoms with van der Waals surface area (Å²) in [6.07, 6.45) is 0.977. The van der Waals surface area contributed by atoms with Gasteiger partial charge in [-0.25, -0.2) is 0 Å². The molecule has 0 bridgehead atoms. The fraction of sp³-hybridized carbons (Fsp3) is 0.130. The molecule has 0 aliphatic carbocycles. The minimum Gasteiger partial charge on any atom is -0.324 e. The maximum absolute atomic E-state index is 12.6. The number of benzene rings is 3. The van der Waals surface area contributed by atoms with Gasteiger partial charge in [0.15, 0.2) is 0 Å². The first-order valence-corrected chi connectivity index (χ1v) is 9.54. The predicted octanol–water partition coefficient (Wildman–Crippen LogP) is 4.21. The molecule has 0 fully saturated rings. The molecule has 1 aromatic heterocycles. The average molecular weight is 383 g/mol. The molecule has 0 aliphatic heterocycles. The quantitative estimate of drug-likeness (QED) is 0.541. The number of aryl methyl sites for hydroxylation is 1. The molecule has 3 aromatic carbocycles. The summed E-state index contributed by atoms with van der Waals surface area (Å²) >= 11 is 0. The molecule has 0 radical (unpaired) electrons. The molecule has 0 spiro atoms. The molecule has 1 N–H and O–H groups in total. The van der Waals surface area contributed by atoms with E-state index in [-0.39, 0.29) is 12.5 Å². The molecule has 0 unspecified atom stereocenters. The molecule has 4 rings (SSSR count). The summed E-state index contributed by atoms with van der Waals surface area (Å²) in [6.45, 7) is 2.10. The van der Waals surface area contributed by atoms with E-state index in [9.17, 15) is 4.79 Å². The van der Waals surface area contributed by atoms with E-state index in [1.165, 1.54) is 10.4 Å². The van der Waals surface area contributed by atoms with Crippen LogP contribution in [0.5, 0.6) is 0 Å². The Labute approximate surface area is 169 Å². The third-order valence-electron chi connectivity index (χ3n) is 4.64. The number of hydrogen-bond acceptors (Lipinski definition) is 4. The van der Waals surface area contributed by atoms with Crippen LogP contribution in [0.3, 0.4) is 0 Å². The van der Waals surface area contributed by atoms with Crippen molar-refractivity contribution < 1.29 is 4.79 Å². The van der Waals surface area contributed by atoms with E-state index in [1.807, 2.05) is 78.9 Å². The monoisotopic (exact) mass is 383 g/mol. The van der Waals surface area contributed by atoms with Gasteiger partial charge in [-0.2, -0.15) is 4.80 Å². The lowest BCUT2D eigenvalue weighted by atomic mass is 10.0. The van der Waals surface area contributed by atoms with Crippen molar-refractivity contribution in [2.75, 3.05) is 5.32 Å². The summed E-state index contributed by atoms with van der Waals surface area (Å²) in [5, 5.41) is 15.4. The van der Waals surface area contributed by atoms with Crippen LogP contribution in [0.1, 0.15) is 12.5 Å². The number of para-hydroxylation sites is 1. The van der Waals surface area contributed by atoms with Crippen LogP contribution < -0.4 is 5.32 Å². The van der Waals surface area contributed by atoms with Gasteiger partial charge in [0.25, 0.3) is 0 Å². The van der Waals surface area contributed by atoms with Gasteiger partial charge in [-0.3, -0.25) is 4.79 Å². The van der Waals surface area contributed by atoms with E-state index in [4.69, 9.17) is 0 Å². The second kappa shape index (κ2) is 8.48. The Morgan fingerprint density at radius 3 is 2.38 bits per heavy atom. The lowest BCUT2D eigenvalue weighted by molar-refractivity contribution is -0.117. The minimum absolute atomic E-state index is 0.0107. The van der Waals surface area contributed by atoms with Crippen molar-refractivity contribution in [1.82, 2.24) is 20.2 Å². The number of carbonyl (C=O) groups excluding carboxylic acids is 1. The predicted molar refractivity (Wildman–Crippen MR) is 113 cm³/mol. The highest BCUT2D eigenvalue weighted by Gasteiger charge is 2.12. The van der Waals surface area contributed by atoms with Crippen molar-refractivity contribution in [3.05, 3.63) is 84.4 Å². The lowest BCUT2D eigenvalue weighted by Crippen LogP contribution is -2.20. The minimum atomic E-state index is -0.210. The van der Waals surface area contributed by atoms with Crippen molar-refractivity contribution in [3.8, 4) is 22.5 Å². The van der Waals surface area contributed by atoms with Crippen LogP contribution in [-0.4, -0.2) is 26.1 Å². The highest BCUT2D eigenvalue weighted by Crippen LogP contribution is 2.27. The van der Waals surface area contributed by atoms with Crippen LogP contribution in [0.25, 0.3) is 22.5 Å². The number of carbonyl (C=O) groups is 1. The molecule has 4 aromatic rings. The molecular weight excluding hydrogens is 362 g/mol. The van der Waals surface area contributed by atoms with Gasteiger partial charge in [0.05, 0.1) is 0 Å². The van der Waals surface area contributed by atoms with E-state index in [0.29, 0.717) is 5.82 Å². The van der Waals surface area contributed by atoms with E-state index in [1.54, 1.807) is 0 Å². The zero-order chi connectivity index (χ0) is 20.1. The zero-order valence-corrected chi connectivity index (χ0v) is 16.1. The summed E-state index contributed by atoms with van der Waals surface area (Å²) in [5.74, 6) is 0.295. The van der Waals surface area contributed by atoms with Gasteiger partial charge in [0.1, 0.15) is 6.54 Å². The number of nitrogens with zero attached hydrogens (tertiary/aromatic N) is 4. The standard InChI is InChI=1S/C23H21N5O/c1-2-17-12-14-19(15-13-17)23-25-27-28(26-23)16-22(29)24-21-11-7-6-10-20(21)18-8-4-3-5-9-18/h3-15H,2,16H2,1H3,(H,24,29). The van der Waals surface area contributed by atoms with E-state index in [2.05, 4.69) is 27.7 Å². The summed E-state index contributed by atoms with van der Waals surface area (Å²) in [7, 11) is 0. The van der Waals surface area contributed by atoms with Gasteiger partial charge in [0.2, 0.25) is 11.7 Å². The van der Waals surface area contributed by atoms with Crippen LogP contribution in [0.15, 0.2) is 78.9 Å². The van der Waals surface area contributed by atoms with Crippen molar-refractivity contribution in [1.29, 1.82) is 0 Å². The highest BCUT2D eigenvalue weighted by molar-refractivity contribution is 5.95. The fourth-order valence-electron chi connectivity index (χ4n) is 3.10. The molecule has 144 valence electrons. The van der Waals surface area contributed by atoms with Crippen LogP contribution >= 0.6 is 0 Å². The molecule has 0 saturated heterocycles. The number of tetrazole rings is 1. The largest absolute Gasteiger partial charge is 0.324 e. The summed E-state index contributed by atoms with van der Waals surface area (Å²) in [4.78, 5) is 13.9.